The zero-order chi connectivity index (χ0) is 5.11. The first-order chi connectivity index (χ1) is 3.43. The van der Waals surface area contributed by atoms with Crippen LogP contribution in [0.1, 0.15) is 0 Å². The first-order valence-electron chi connectivity index (χ1n) is 1.88. The van der Waals surface area contributed by atoms with Crippen LogP contribution in [0.4, 0.5) is 5.13 Å². The molecule has 46 valence electrons. The van der Waals surface area contributed by atoms with Crippen LogP contribution in [-0.2, 0) is 0 Å². The topological polar surface area (TPSA) is 37.8 Å². The van der Waals surface area contributed by atoms with Gasteiger partial charge in [0.1, 0.15) is 6.33 Å². The van der Waals surface area contributed by atoms with Gasteiger partial charge in [0, 0.05) is 18.6 Å². The van der Waals surface area contributed by atoms with Gasteiger partial charge in [0.05, 0.1) is 0 Å². The molecular weight excluding hydrogens is 146 g/mol. The van der Waals surface area contributed by atoms with Crippen LogP contribution in [0.15, 0.2) is 6.33 Å². The summed E-state index contributed by atoms with van der Waals surface area (Å²) in [6, 6.07) is 0. The maximum atomic E-state index is 3.83. The number of halogens is 1. The summed E-state index contributed by atoms with van der Waals surface area (Å²) in [7, 11) is 1.82. The van der Waals surface area contributed by atoms with E-state index in [1.54, 1.807) is 0 Å². The standard InChI is InChI=1S/C3H5N3S.ClH/c1-4-3-5-2-6-7-3;/h2H,1H3,(H,4,5,6);1H. The number of nitrogens with one attached hydrogen (secondary N) is 1. The van der Waals surface area contributed by atoms with E-state index in [1.165, 1.54) is 17.9 Å². The second-order valence-electron chi connectivity index (χ2n) is 0.996. The van der Waals surface area contributed by atoms with Crippen molar-refractivity contribution in [1.29, 1.82) is 0 Å². The molecule has 0 spiro atoms. The summed E-state index contributed by atoms with van der Waals surface area (Å²) in [5, 5.41) is 3.71. The van der Waals surface area contributed by atoms with E-state index >= 15 is 0 Å². The Labute approximate surface area is 57.7 Å². The van der Waals surface area contributed by atoms with Gasteiger partial charge in [-0.2, -0.15) is 4.37 Å². The van der Waals surface area contributed by atoms with Crippen molar-refractivity contribution in [2.45, 2.75) is 0 Å². The Morgan fingerprint density at radius 1 is 1.75 bits per heavy atom. The smallest absolute Gasteiger partial charge is 0.202 e. The summed E-state index contributed by atoms with van der Waals surface area (Å²) in [4.78, 5) is 3.83. The fraction of sp³-hybridized carbons (Fsp3) is 0.333. The summed E-state index contributed by atoms with van der Waals surface area (Å²) in [6.07, 6.45) is 1.52. The quantitative estimate of drug-likeness (QED) is 0.651. The zero-order valence-electron chi connectivity index (χ0n) is 4.29. The molecule has 0 saturated heterocycles. The van der Waals surface area contributed by atoms with Gasteiger partial charge in [0.25, 0.3) is 0 Å². The fourth-order valence-electron chi connectivity index (χ4n) is 0.283. The summed E-state index contributed by atoms with van der Waals surface area (Å²) in [5.74, 6) is 0. The Balaban J connectivity index is 0.000000490. The first-order valence-corrected chi connectivity index (χ1v) is 2.65. The van der Waals surface area contributed by atoms with E-state index in [1.807, 2.05) is 7.05 Å². The molecular formula is C3H6ClN3S. The fourth-order valence-corrected chi connectivity index (χ4v) is 0.663. The average Bonchev–Trinajstić information content (AvgIpc) is 2.14. The number of hydrogen-bond acceptors (Lipinski definition) is 4. The Morgan fingerprint density at radius 2 is 2.50 bits per heavy atom. The molecule has 0 aliphatic rings. The van der Waals surface area contributed by atoms with Crippen molar-refractivity contribution < 1.29 is 0 Å². The van der Waals surface area contributed by atoms with Gasteiger partial charge in [-0.15, -0.1) is 12.4 Å². The van der Waals surface area contributed by atoms with Gasteiger partial charge in [-0.1, -0.05) is 0 Å². The van der Waals surface area contributed by atoms with Crippen molar-refractivity contribution >= 4 is 29.1 Å². The molecule has 0 aliphatic heterocycles. The molecule has 1 aromatic rings. The molecule has 8 heavy (non-hydrogen) atoms. The molecule has 3 nitrogen and oxygen atoms in total. The second-order valence-corrected chi connectivity index (χ2v) is 1.78. The lowest BCUT2D eigenvalue weighted by Gasteiger charge is -1.82. The summed E-state index contributed by atoms with van der Waals surface area (Å²) in [6.45, 7) is 0. The predicted molar refractivity (Wildman–Crippen MR) is 36.7 cm³/mol. The third kappa shape index (κ3) is 1.63. The van der Waals surface area contributed by atoms with Gasteiger partial charge >= 0.3 is 0 Å². The van der Waals surface area contributed by atoms with Crippen LogP contribution in [0.25, 0.3) is 0 Å². The summed E-state index contributed by atoms with van der Waals surface area (Å²) >= 11 is 1.35. The van der Waals surface area contributed by atoms with Crippen LogP contribution in [0.3, 0.4) is 0 Å². The molecule has 0 atom stereocenters. The van der Waals surface area contributed by atoms with Crippen LogP contribution in [-0.4, -0.2) is 16.4 Å². The highest BCUT2D eigenvalue weighted by molar-refractivity contribution is 7.09. The van der Waals surface area contributed by atoms with E-state index in [9.17, 15) is 0 Å². The molecule has 0 aliphatic carbocycles. The van der Waals surface area contributed by atoms with Gasteiger partial charge in [-0.3, -0.25) is 0 Å². The van der Waals surface area contributed by atoms with E-state index in [4.69, 9.17) is 0 Å². The lowest BCUT2D eigenvalue weighted by Crippen LogP contribution is -1.83. The SMILES string of the molecule is CNc1ncns1.Cl. The molecule has 1 heterocycles. The van der Waals surface area contributed by atoms with Crippen molar-refractivity contribution in [2.75, 3.05) is 12.4 Å². The molecule has 0 unspecified atom stereocenters. The Morgan fingerprint density at radius 3 is 2.75 bits per heavy atom. The molecule has 0 bridgehead atoms. The minimum atomic E-state index is 0. The third-order valence-corrected chi connectivity index (χ3v) is 1.26. The molecule has 1 aromatic heterocycles. The van der Waals surface area contributed by atoms with Crippen molar-refractivity contribution in [3.05, 3.63) is 6.33 Å². The normalized spacial score (nSPS) is 7.62. The van der Waals surface area contributed by atoms with E-state index in [0.717, 1.165) is 5.13 Å². The number of anilines is 1. The maximum absolute atomic E-state index is 3.83. The summed E-state index contributed by atoms with van der Waals surface area (Å²) in [5.41, 5.74) is 0. The molecule has 1 rings (SSSR count). The van der Waals surface area contributed by atoms with Crippen LogP contribution in [0.5, 0.6) is 0 Å². The van der Waals surface area contributed by atoms with E-state index < -0.39 is 0 Å². The molecule has 0 aromatic carbocycles. The molecule has 0 amide bonds. The zero-order valence-corrected chi connectivity index (χ0v) is 5.92. The van der Waals surface area contributed by atoms with Gasteiger partial charge in [-0.05, 0) is 0 Å². The lowest BCUT2D eigenvalue weighted by atomic mass is 11.1. The number of rotatable bonds is 1. The van der Waals surface area contributed by atoms with Crippen molar-refractivity contribution in [3.63, 3.8) is 0 Å². The first kappa shape index (κ1) is 7.65. The second kappa shape index (κ2) is 3.63. The molecule has 0 fully saturated rings. The summed E-state index contributed by atoms with van der Waals surface area (Å²) < 4.78 is 3.76. The van der Waals surface area contributed by atoms with E-state index in [0.29, 0.717) is 0 Å². The van der Waals surface area contributed by atoms with E-state index in [2.05, 4.69) is 14.7 Å². The Kier molecular flexibility index (Phi) is 3.47. The molecule has 1 N–H and O–H groups in total. The van der Waals surface area contributed by atoms with Gasteiger partial charge in [0.2, 0.25) is 5.13 Å². The maximum Gasteiger partial charge on any atom is 0.202 e. The van der Waals surface area contributed by atoms with Crippen LogP contribution in [0, 0.1) is 0 Å². The number of nitrogens with zero attached hydrogens (tertiary/aromatic N) is 2. The predicted octanol–water partition coefficient (Wildman–Crippen LogP) is 1.00. The van der Waals surface area contributed by atoms with Gasteiger partial charge in [-0.25, -0.2) is 4.98 Å². The highest BCUT2D eigenvalue weighted by atomic mass is 35.5. The molecule has 0 saturated carbocycles. The number of hydrogen-bond donors (Lipinski definition) is 1. The van der Waals surface area contributed by atoms with Crippen LogP contribution >= 0.6 is 23.9 Å². The molecule has 0 radical (unpaired) electrons. The van der Waals surface area contributed by atoms with Crippen LogP contribution < -0.4 is 5.32 Å². The minimum Gasteiger partial charge on any atom is -0.363 e. The third-order valence-electron chi connectivity index (χ3n) is 0.575. The van der Waals surface area contributed by atoms with Crippen molar-refractivity contribution in [1.82, 2.24) is 9.36 Å². The monoisotopic (exact) mass is 151 g/mol. The van der Waals surface area contributed by atoms with Crippen molar-refractivity contribution in [2.24, 2.45) is 0 Å². The van der Waals surface area contributed by atoms with Gasteiger partial charge < -0.3 is 5.32 Å². The van der Waals surface area contributed by atoms with E-state index in [-0.39, 0.29) is 12.4 Å². The highest BCUT2D eigenvalue weighted by Crippen LogP contribution is 2.02. The molecule has 5 heteroatoms. The lowest BCUT2D eigenvalue weighted by molar-refractivity contribution is 1.31. The Bertz CT molecular complexity index is 129. The van der Waals surface area contributed by atoms with Gasteiger partial charge in [0.15, 0.2) is 0 Å². The highest BCUT2D eigenvalue weighted by Gasteiger charge is 1.84. The van der Waals surface area contributed by atoms with Crippen molar-refractivity contribution in [3.8, 4) is 0 Å². The largest absolute Gasteiger partial charge is 0.363 e. The van der Waals surface area contributed by atoms with Crippen LogP contribution in [0.2, 0.25) is 0 Å². The average molecular weight is 152 g/mol. The minimum absolute atomic E-state index is 0. The number of aromatic nitrogens is 2. The Hall–Kier alpha value is -0.350.